The lowest BCUT2D eigenvalue weighted by molar-refractivity contribution is 0.0645. The van der Waals surface area contributed by atoms with E-state index in [2.05, 4.69) is 10.5 Å². The van der Waals surface area contributed by atoms with Gasteiger partial charge >= 0.3 is 0 Å². The standard InChI is InChI=1S/C13H14ClN3O2S.ClH/c1-8-7-15-4-5-17(8)13(18)9-6-10(19-16-9)11-2-3-12(14)20-11;/h2-3,6,8,15H,4-5,7H2,1H3;1H/t8-;/m1./s1. The van der Waals surface area contributed by atoms with Crippen molar-refractivity contribution < 1.29 is 9.32 Å². The normalized spacial score (nSPS) is 18.4. The summed E-state index contributed by atoms with van der Waals surface area (Å²) in [4.78, 5) is 15.1. The molecule has 3 rings (SSSR count). The van der Waals surface area contributed by atoms with Gasteiger partial charge in [0, 0.05) is 31.7 Å². The van der Waals surface area contributed by atoms with Crippen LogP contribution in [0.15, 0.2) is 22.7 Å². The van der Waals surface area contributed by atoms with Gasteiger partial charge in [-0.3, -0.25) is 4.79 Å². The van der Waals surface area contributed by atoms with E-state index in [0.717, 1.165) is 18.0 Å². The minimum atomic E-state index is -0.0864. The molecule has 0 unspecified atom stereocenters. The first-order valence-corrected chi connectivity index (χ1v) is 7.58. The maximum atomic E-state index is 12.4. The number of carbonyl (C=O) groups excluding carboxylic acids is 1. The second kappa shape index (κ2) is 6.79. The Bertz CT molecular complexity index is 628. The van der Waals surface area contributed by atoms with E-state index < -0.39 is 0 Å². The molecule has 1 aliphatic rings. The first-order valence-electron chi connectivity index (χ1n) is 6.39. The molecule has 1 N–H and O–H groups in total. The molecule has 1 atom stereocenters. The lowest BCUT2D eigenvalue weighted by Crippen LogP contribution is -2.52. The Labute approximate surface area is 137 Å². The van der Waals surface area contributed by atoms with Crippen molar-refractivity contribution in [3.63, 3.8) is 0 Å². The number of hydrogen-bond acceptors (Lipinski definition) is 5. The quantitative estimate of drug-likeness (QED) is 0.907. The fraction of sp³-hybridized carbons (Fsp3) is 0.385. The zero-order chi connectivity index (χ0) is 14.1. The molecule has 3 heterocycles. The zero-order valence-corrected chi connectivity index (χ0v) is 13.7. The molecule has 5 nitrogen and oxygen atoms in total. The Morgan fingerprint density at radius 1 is 1.57 bits per heavy atom. The van der Waals surface area contributed by atoms with Crippen LogP contribution in [-0.2, 0) is 0 Å². The van der Waals surface area contributed by atoms with Gasteiger partial charge in [0.1, 0.15) is 0 Å². The first kappa shape index (κ1) is 16.3. The number of aromatic nitrogens is 1. The predicted molar refractivity (Wildman–Crippen MR) is 85.4 cm³/mol. The molecular weight excluding hydrogens is 333 g/mol. The number of carbonyl (C=O) groups is 1. The summed E-state index contributed by atoms with van der Waals surface area (Å²) in [6, 6.07) is 5.49. The van der Waals surface area contributed by atoms with Gasteiger partial charge in [0.05, 0.1) is 9.21 Å². The maximum Gasteiger partial charge on any atom is 0.276 e. The van der Waals surface area contributed by atoms with Crippen molar-refractivity contribution in [2.24, 2.45) is 0 Å². The van der Waals surface area contributed by atoms with E-state index in [1.807, 2.05) is 17.9 Å². The van der Waals surface area contributed by atoms with Crippen molar-refractivity contribution >= 4 is 41.3 Å². The third kappa shape index (κ3) is 3.40. The molecule has 8 heteroatoms. The molecular formula is C13H15Cl2N3O2S. The van der Waals surface area contributed by atoms with Gasteiger partial charge in [0.2, 0.25) is 0 Å². The van der Waals surface area contributed by atoms with Gasteiger partial charge in [-0.2, -0.15) is 0 Å². The lowest BCUT2D eigenvalue weighted by atomic mass is 10.2. The summed E-state index contributed by atoms with van der Waals surface area (Å²) >= 11 is 7.29. The number of rotatable bonds is 2. The van der Waals surface area contributed by atoms with Gasteiger partial charge in [-0.05, 0) is 19.1 Å². The number of nitrogens with one attached hydrogen (secondary N) is 1. The first-order chi connectivity index (χ1) is 9.65. The molecule has 21 heavy (non-hydrogen) atoms. The van der Waals surface area contributed by atoms with Gasteiger partial charge in [0.15, 0.2) is 11.5 Å². The van der Waals surface area contributed by atoms with Crippen molar-refractivity contribution in [3.8, 4) is 10.6 Å². The largest absolute Gasteiger partial charge is 0.355 e. The number of nitrogens with zero attached hydrogens (tertiary/aromatic N) is 2. The van der Waals surface area contributed by atoms with Crippen LogP contribution < -0.4 is 5.32 Å². The van der Waals surface area contributed by atoms with Gasteiger partial charge < -0.3 is 14.7 Å². The van der Waals surface area contributed by atoms with Crippen molar-refractivity contribution in [3.05, 3.63) is 28.2 Å². The minimum Gasteiger partial charge on any atom is -0.355 e. The van der Waals surface area contributed by atoms with E-state index in [-0.39, 0.29) is 24.4 Å². The molecule has 1 saturated heterocycles. The molecule has 0 bridgehead atoms. The molecule has 0 aliphatic carbocycles. The second-order valence-corrected chi connectivity index (χ2v) is 6.45. The van der Waals surface area contributed by atoms with Crippen LogP contribution in [-0.4, -0.2) is 41.6 Å². The van der Waals surface area contributed by atoms with E-state index in [4.69, 9.17) is 16.1 Å². The van der Waals surface area contributed by atoms with Crippen molar-refractivity contribution in [2.75, 3.05) is 19.6 Å². The van der Waals surface area contributed by atoms with E-state index in [9.17, 15) is 4.79 Å². The Balaban J connectivity index is 0.00000161. The second-order valence-electron chi connectivity index (χ2n) is 4.73. The zero-order valence-electron chi connectivity index (χ0n) is 11.3. The van der Waals surface area contributed by atoms with Gasteiger partial charge in [0.25, 0.3) is 5.91 Å². The third-order valence-electron chi connectivity index (χ3n) is 3.31. The molecule has 1 fully saturated rings. The molecule has 0 saturated carbocycles. The highest BCUT2D eigenvalue weighted by Crippen LogP contribution is 2.31. The van der Waals surface area contributed by atoms with Crippen LogP contribution >= 0.6 is 35.3 Å². The van der Waals surface area contributed by atoms with E-state index in [0.29, 0.717) is 22.3 Å². The van der Waals surface area contributed by atoms with E-state index in [1.165, 1.54) is 11.3 Å². The highest BCUT2D eigenvalue weighted by molar-refractivity contribution is 7.19. The third-order valence-corrected chi connectivity index (χ3v) is 4.55. The average Bonchev–Trinajstić information content (AvgIpc) is 3.07. The predicted octanol–water partition coefficient (Wildman–Crippen LogP) is 2.91. The molecule has 0 radical (unpaired) electrons. The lowest BCUT2D eigenvalue weighted by Gasteiger charge is -2.33. The van der Waals surface area contributed by atoms with Crippen LogP contribution in [0.4, 0.5) is 0 Å². The Kier molecular flexibility index (Phi) is 5.27. The topological polar surface area (TPSA) is 58.4 Å². The van der Waals surface area contributed by atoms with Crippen LogP contribution in [0.25, 0.3) is 10.6 Å². The van der Waals surface area contributed by atoms with Crippen molar-refractivity contribution in [1.82, 2.24) is 15.4 Å². The summed E-state index contributed by atoms with van der Waals surface area (Å²) in [7, 11) is 0. The smallest absolute Gasteiger partial charge is 0.276 e. The van der Waals surface area contributed by atoms with Crippen LogP contribution in [0.5, 0.6) is 0 Å². The maximum absolute atomic E-state index is 12.4. The number of piperazine rings is 1. The molecule has 0 spiro atoms. The average molecular weight is 348 g/mol. The number of thiophene rings is 1. The fourth-order valence-corrected chi connectivity index (χ4v) is 3.22. The van der Waals surface area contributed by atoms with E-state index >= 15 is 0 Å². The monoisotopic (exact) mass is 347 g/mol. The summed E-state index contributed by atoms with van der Waals surface area (Å²) in [5, 5.41) is 7.14. The Morgan fingerprint density at radius 3 is 3.05 bits per heavy atom. The highest BCUT2D eigenvalue weighted by Gasteiger charge is 2.26. The van der Waals surface area contributed by atoms with Crippen LogP contribution in [0.3, 0.4) is 0 Å². The molecule has 2 aromatic rings. The molecule has 1 aliphatic heterocycles. The van der Waals surface area contributed by atoms with Crippen molar-refractivity contribution in [2.45, 2.75) is 13.0 Å². The highest BCUT2D eigenvalue weighted by atomic mass is 35.5. The molecule has 1 amide bonds. The van der Waals surface area contributed by atoms with Gasteiger partial charge in [-0.1, -0.05) is 16.8 Å². The summed E-state index contributed by atoms with van der Waals surface area (Å²) in [6.45, 7) is 4.31. The van der Waals surface area contributed by atoms with Crippen LogP contribution in [0.2, 0.25) is 4.34 Å². The van der Waals surface area contributed by atoms with Gasteiger partial charge in [-0.25, -0.2) is 0 Å². The summed E-state index contributed by atoms with van der Waals surface area (Å²) in [5.41, 5.74) is 0.346. The van der Waals surface area contributed by atoms with Crippen LogP contribution in [0, 0.1) is 0 Å². The van der Waals surface area contributed by atoms with Gasteiger partial charge in [-0.15, -0.1) is 23.7 Å². The Morgan fingerprint density at radius 2 is 2.38 bits per heavy atom. The molecule has 2 aromatic heterocycles. The van der Waals surface area contributed by atoms with E-state index in [1.54, 1.807) is 12.1 Å². The summed E-state index contributed by atoms with van der Waals surface area (Å²) in [5.74, 6) is 0.490. The number of amides is 1. The molecule has 0 aromatic carbocycles. The van der Waals surface area contributed by atoms with Crippen LogP contribution in [0.1, 0.15) is 17.4 Å². The minimum absolute atomic E-state index is 0. The fourth-order valence-electron chi connectivity index (χ4n) is 2.23. The summed E-state index contributed by atoms with van der Waals surface area (Å²) in [6.07, 6.45) is 0. The number of hydrogen-bond donors (Lipinski definition) is 1. The molecule has 114 valence electrons. The summed E-state index contributed by atoms with van der Waals surface area (Å²) < 4.78 is 5.93. The number of halogens is 2. The SMILES string of the molecule is C[C@@H]1CNCCN1C(=O)c1cc(-c2ccc(Cl)s2)on1.Cl. The van der Waals surface area contributed by atoms with Crippen molar-refractivity contribution in [1.29, 1.82) is 0 Å². The Hall–Kier alpha value is -1.08.